The number of nitrogens with one attached hydrogen (secondary N) is 3. The molecular weight excluding hydrogens is 500 g/mol. The molecule has 3 amide bonds. The second kappa shape index (κ2) is 13.6. The molecular formula is C25H30N4O9. The number of carboxylic acids is 2. The normalized spacial score (nSPS) is 13.8. The van der Waals surface area contributed by atoms with Crippen LogP contribution >= 0.6 is 0 Å². The largest absolute Gasteiger partial charge is 0.508 e. The minimum atomic E-state index is -1.67. The fraction of sp³-hybridized carbons (Fsp3) is 0.320. The highest BCUT2D eigenvalue weighted by molar-refractivity contribution is 5.95. The van der Waals surface area contributed by atoms with Gasteiger partial charge in [-0.25, -0.2) is 4.79 Å². The van der Waals surface area contributed by atoms with E-state index in [0.717, 1.165) is 0 Å². The van der Waals surface area contributed by atoms with E-state index in [1.54, 1.807) is 0 Å². The molecule has 4 atom stereocenters. The van der Waals surface area contributed by atoms with Gasteiger partial charge in [0.15, 0.2) is 0 Å². The monoisotopic (exact) mass is 530 g/mol. The lowest BCUT2D eigenvalue weighted by Crippen LogP contribution is -2.58. The number of carbonyl (C=O) groups excluding carboxylic acids is 3. The lowest BCUT2D eigenvalue weighted by molar-refractivity contribution is -0.143. The molecule has 2 aromatic rings. The van der Waals surface area contributed by atoms with Crippen molar-refractivity contribution in [2.45, 2.75) is 50.4 Å². The number of aromatic hydroxyl groups is 2. The molecule has 9 N–H and O–H groups in total. The highest BCUT2D eigenvalue weighted by atomic mass is 16.4. The fourth-order valence-corrected chi connectivity index (χ4v) is 3.38. The van der Waals surface area contributed by atoms with E-state index in [0.29, 0.717) is 11.1 Å². The topological polar surface area (TPSA) is 228 Å². The van der Waals surface area contributed by atoms with Gasteiger partial charge in [0.05, 0.1) is 12.5 Å². The molecule has 0 radical (unpaired) electrons. The van der Waals surface area contributed by atoms with Crippen LogP contribution in [0.3, 0.4) is 0 Å². The standard InChI is InChI=1S/C25H30N4O9/c1-13(26)22(34)27-18(10-14-2-6-16(30)7-3-14)23(35)28-19(12-21(32)33)24(36)29-20(25(37)38)11-15-4-8-17(31)9-5-15/h2-9,13,18-20,30-31H,10-12,26H2,1H3,(H,27,34)(H,28,35)(H,29,36)(H,32,33)(H,37,38). The molecule has 0 heterocycles. The smallest absolute Gasteiger partial charge is 0.326 e. The first-order chi connectivity index (χ1) is 17.8. The van der Waals surface area contributed by atoms with E-state index >= 15 is 0 Å². The number of amides is 3. The van der Waals surface area contributed by atoms with Crippen molar-refractivity contribution in [3.63, 3.8) is 0 Å². The lowest BCUT2D eigenvalue weighted by Gasteiger charge is -2.24. The van der Waals surface area contributed by atoms with Crippen LogP contribution in [-0.4, -0.2) is 74.3 Å². The van der Waals surface area contributed by atoms with Crippen LogP contribution < -0.4 is 21.7 Å². The van der Waals surface area contributed by atoms with Crippen LogP contribution in [0.4, 0.5) is 0 Å². The zero-order valence-corrected chi connectivity index (χ0v) is 20.5. The number of carboxylic acid groups (broad SMARTS) is 2. The second-order valence-electron chi connectivity index (χ2n) is 8.65. The van der Waals surface area contributed by atoms with E-state index in [1.165, 1.54) is 55.5 Å². The van der Waals surface area contributed by atoms with E-state index in [4.69, 9.17) is 5.73 Å². The minimum Gasteiger partial charge on any atom is -0.508 e. The van der Waals surface area contributed by atoms with Crippen LogP contribution in [0.15, 0.2) is 48.5 Å². The van der Waals surface area contributed by atoms with Crippen molar-refractivity contribution in [2.75, 3.05) is 0 Å². The van der Waals surface area contributed by atoms with Crippen molar-refractivity contribution in [2.24, 2.45) is 5.73 Å². The van der Waals surface area contributed by atoms with Gasteiger partial charge in [-0.2, -0.15) is 0 Å². The van der Waals surface area contributed by atoms with Crippen molar-refractivity contribution in [1.82, 2.24) is 16.0 Å². The van der Waals surface area contributed by atoms with Crippen LogP contribution in [0, 0.1) is 0 Å². The van der Waals surface area contributed by atoms with Crippen molar-refractivity contribution < 1.29 is 44.4 Å². The van der Waals surface area contributed by atoms with E-state index in [-0.39, 0.29) is 24.3 Å². The zero-order valence-electron chi connectivity index (χ0n) is 20.5. The molecule has 0 aliphatic carbocycles. The molecule has 0 spiro atoms. The molecule has 0 aliphatic heterocycles. The molecule has 0 fully saturated rings. The van der Waals surface area contributed by atoms with Crippen molar-refractivity contribution >= 4 is 29.7 Å². The summed E-state index contributed by atoms with van der Waals surface area (Å²) in [5.41, 5.74) is 6.59. The third-order valence-electron chi connectivity index (χ3n) is 5.43. The molecule has 0 aliphatic rings. The van der Waals surface area contributed by atoms with Gasteiger partial charge >= 0.3 is 11.9 Å². The molecule has 13 heteroatoms. The summed E-state index contributed by atoms with van der Waals surface area (Å²) in [7, 11) is 0. The van der Waals surface area contributed by atoms with Crippen molar-refractivity contribution in [1.29, 1.82) is 0 Å². The minimum absolute atomic E-state index is 0.0205. The van der Waals surface area contributed by atoms with Gasteiger partial charge in [0.2, 0.25) is 17.7 Å². The van der Waals surface area contributed by atoms with Crippen LogP contribution in [-0.2, 0) is 36.8 Å². The Kier molecular flexibility index (Phi) is 10.6. The van der Waals surface area contributed by atoms with Gasteiger partial charge in [0.1, 0.15) is 29.6 Å². The number of carbonyl (C=O) groups is 5. The Balaban J connectivity index is 2.21. The SMILES string of the molecule is CC(N)C(=O)NC(Cc1ccc(O)cc1)C(=O)NC(CC(=O)O)C(=O)NC(Cc1ccc(O)cc1)C(=O)O. The van der Waals surface area contributed by atoms with Gasteiger partial charge in [0, 0.05) is 12.8 Å². The summed E-state index contributed by atoms with van der Waals surface area (Å²) in [6, 6.07) is 5.99. The number of benzene rings is 2. The summed E-state index contributed by atoms with van der Waals surface area (Å²) in [6.45, 7) is 1.39. The summed E-state index contributed by atoms with van der Waals surface area (Å²) in [5, 5.41) is 44.7. The predicted molar refractivity (Wildman–Crippen MR) is 133 cm³/mol. The maximum Gasteiger partial charge on any atom is 0.326 e. The molecule has 0 bridgehead atoms. The third kappa shape index (κ3) is 9.43. The third-order valence-corrected chi connectivity index (χ3v) is 5.43. The summed E-state index contributed by atoms with van der Waals surface area (Å²) in [6.07, 6.45) is -1.12. The Morgan fingerprint density at radius 1 is 0.684 bits per heavy atom. The van der Waals surface area contributed by atoms with E-state index in [2.05, 4.69) is 16.0 Å². The van der Waals surface area contributed by atoms with Crippen LogP contribution in [0.2, 0.25) is 0 Å². The van der Waals surface area contributed by atoms with Gasteiger partial charge in [-0.3, -0.25) is 19.2 Å². The number of rotatable bonds is 13. The number of aliphatic carboxylic acids is 2. The Hall–Kier alpha value is -4.65. The molecule has 2 aromatic carbocycles. The van der Waals surface area contributed by atoms with Crippen LogP contribution in [0.1, 0.15) is 24.5 Å². The van der Waals surface area contributed by atoms with Crippen LogP contribution in [0.5, 0.6) is 11.5 Å². The number of nitrogens with two attached hydrogens (primary N) is 1. The summed E-state index contributed by atoms with van der Waals surface area (Å²) < 4.78 is 0. The molecule has 0 saturated carbocycles. The van der Waals surface area contributed by atoms with Crippen LogP contribution in [0.25, 0.3) is 0 Å². The molecule has 204 valence electrons. The molecule has 2 rings (SSSR count). The average molecular weight is 531 g/mol. The Morgan fingerprint density at radius 2 is 1.08 bits per heavy atom. The summed E-state index contributed by atoms with van der Waals surface area (Å²) in [5.74, 6) is -5.54. The number of hydrogen-bond donors (Lipinski definition) is 8. The number of hydrogen-bond acceptors (Lipinski definition) is 8. The van der Waals surface area contributed by atoms with Crippen molar-refractivity contribution in [3.8, 4) is 11.5 Å². The maximum atomic E-state index is 13.1. The number of phenols is 2. The first-order valence-electron chi connectivity index (χ1n) is 11.5. The Labute approximate surface area is 217 Å². The highest BCUT2D eigenvalue weighted by Gasteiger charge is 2.31. The predicted octanol–water partition coefficient (Wildman–Crippen LogP) is -0.756. The first kappa shape index (κ1) is 29.6. The maximum absolute atomic E-state index is 13.1. The lowest BCUT2D eigenvalue weighted by atomic mass is 10.0. The van der Waals surface area contributed by atoms with E-state index in [9.17, 15) is 44.4 Å². The van der Waals surface area contributed by atoms with Gasteiger partial charge in [-0.05, 0) is 42.3 Å². The first-order valence-corrected chi connectivity index (χ1v) is 11.5. The molecule has 13 nitrogen and oxygen atoms in total. The zero-order chi connectivity index (χ0) is 28.4. The average Bonchev–Trinajstić information content (AvgIpc) is 2.84. The summed E-state index contributed by atoms with van der Waals surface area (Å²) in [4.78, 5) is 61.3. The molecule has 0 saturated heterocycles. The van der Waals surface area contributed by atoms with E-state index < -0.39 is 60.2 Å². The van der Waals surface area contributed by atoms with Gasteiger partial charge in [-0.15, -0.1) is 0 Å². The molecule has 4 unspecified atom stereocenters. The second-order valence-corrected chi connectivity index (χ2v) is 8.65. The van der Waals surface area contributed by atoms with Gasteiger partial charge in [0.25, 0.3) is 0 Å². The highest BCUT2D eigenvalue weighted by Crippen LogP contribution is 2.13. The Bertz CT molecular complexity index is 1150. The van der Waals surface area contributed by atoms with Gasteiger partial charge < -0.3 is 42.1 Å². The molecule has 0 aromatic heterocycles. The van der Waals surface area contributed by atoms with E-state index in [1.807, 2.05) is 0 Å². The summed E-state index contributed by atoms with van der Waals surface area (Å²) >= 11 is 0. The van der Waals surface area contributed by atoms with Crippen molar-refractivity contribution in [3.05, 3.63) is 59.7 Å². The fourth-order valence-electron chi connectivity index (χ4n) is 3.38. The van der Waals surface area contributed by atoms with Gasteiger partial charge in [-0.1, -0.05) is 24.3 Å². The number of phenolic OH excluding ortho intramolecular Hbond substituents is 2. The molecule has 38 heavy (non-hydrogen) atoms. The Morgan fingerprint density at radius 3 is 1.50 bits per heavy atom. The quantitative estimate of drug-likeness (QED) is 0.161.